The van der Waals surface area contributed by atoms with Crippen LogP contribution >= 0.6 is 0 Å². The molecule has 0 radical (unpaired) electrons. The van der Waals surface area contributed by atoms with Crippen LogP contribution in [0.25, 0.3) is 0 Å². The van der Waals surface area contributed by atoms with Crippen LogP contribution in [-0.4, -0.2) is 39.5 Å². The Bertz CT molecular complexity index is 317. The number of primary sulfonamides is 1. The van der Waals surface area contributed by atoms with Crippen molar-refractivity contribution in [3.8, 4) is 0 Å². The predicted octanol–water partition coefficient (Wildman–Crippen LogP) is -0.178. The van der Waals surface area contributed by atoms with E-state index in [0.717, 1.165) is 26.1 Å². The molecule has 2 heterocycles. The van der Waals surface area contributed by atoms with E-state index in [4.69, 9.17) is 9.88 Å². The van der Waals surface area contributed by atoms with Crippen LogP contribution in [0.2, 0.25) is 0 Å². The Balaban J connectivity index is 1.85. The molecule has 0 aromatic heterocycles. The summed E-state index contributed by atoms with van der Waals surface area (Å²) in [5.41, 5.74) is 0. The maximum atomic E-state index is 11.2. The number of hydrogen-bond acceptors (Lipinski definition) is 4. The van der Waals surface area contributed by atoms with Crippen molar-refractivity contribution < 1.29 is 13.2 Å². The third kappa shape index (κ3) is 2.94. The first-order valence-electron chi connectivity index (χ1n) is 5.90. The summed E-state index contributed by atoms with van der Waals surface area (Å²) in [6, 6.07) is 0.401. The largest absolute Gasteiger partial charge is 0.381 e. The standard InChI is InChI=1S/C10H20N2O3S/c11-16(13,14)9-3-4-10(12-6-9)8-2-1-5-15-7-8/h8-10,12H,1-7H2,(H2,11,13,14). The van der Waals surface area contributed by atoms with Gasteiger partial charge in [-0.3, -0.25) is 0 Å². The van der Waals surface area contributed by atoms with Gasteiger partial charge in [0.1, 0.15) is 0 Å². The summed E-state index contributed by atoms with van der Waals surface area (Å²) in [7, 11) is -3.37. The van der Waals surface area contributed by atoms with Crippen LogP contribution in [0.5, 0.6) is 0 Å². The fourth-order valence-electron chi connectivity index (χ4n) is 2.62. The second-order valence-corrected chi connectivity index (χ2v) is 6.63. The molecule has 16 heavy (non-hydrogen) atoms. The zero-order chi connectivity index (χ0) is 11.6. The second-order valence-electron chi connectivity index (χ2n) is 4.78. The molecule has 2 fully saturated rings. The molecule has 2 rings (SSSR count). The van der Waals surface area contributed by atoms with Crippen LogP contribution in [0.3, 0.4) is 0 Å². The fourth-order valence-corrected chi connectivity index (χ4v) is 3.41. The van der Waals surface area contributed by atoms with Crippen molar-refractivity contribution in [1.82, 2.24) is 5.32 Å². The molecule has 94 valence electrons. The molecule has 0 aliphatic carbocycles. The smallest absolute Gasteiger partial charge is 0.213 e. The summed E-state index contributed by atoms with van der Waals surface area (Å²) in [4.78, 5) is 0. The van der Waals surface area contributed by atoms with Gasteiger partial charge in [0.15, 0.2) is 0 Å². The Morgan fingerprint density at radius 3 is 2.56 bits per heavy atom. The van der Waals surface area contributed by atoms with Gasteiger partial charge in [-0.25, -0.2) is 13.6 Å². The molecular formula is C10H20N2O3S. The molecule has 0 aromatic carbocycles. The van der Waals surface area contributed by atoms with Crippen molar-refractivity contribution >= 4 is 10.0 Å². The highest BCUT2D eigenvalue weighted by atomic mass is 32.2. The van der Waals surface area contributed by atoms with E-state index < -0.39 is 15.3 Å². The van der Waals surface area contributed by atoms with Crippen LogP contribution < -0.4 is 10.5 Å². The first kappa shape index (κ1) is 12.3. The number of sulfonamides is 1. The van der Waals surface area contributed by atoms with Crippen LogP contribution in [-0.2, 0) is 14.8 Å². The van der Waals surface area contributed by atoms with Crippen molar-refractivity contribution in [1.29, 1.82) is 0 Å². The van der Waals surface area contributed by atoms with E-state index in [1.54, 1.807) is 0 Å². The van der Waals surface area contributed by atoms with E-state index in [2.05, 4.69) is 5.32 Å². The summed E-state index contributed by atoms with van der Waals surface area (Å²) >= 11 is 0. The van der Waals surface area contributed by atoms with Gasteiger partial charge >= 0.3 is 0 Å². The van der Waals surface area contributed by atoms with E-state index in [1.165, 1.54) is 6.42 Å². The van der Waals surface area contributed by atoms with Crippen LogP contribution in [0.4, 0.5) is 0 Å². The number of hydrogen-bond donors (Lipinski definition) is 2. The number of nitrogens with two attached hydrogens (primary N) is 1. The van der Waals surface area contributed by atoms with Gasteiger partial charge in [-0.2, -0.15) is 0 Å². The number of ether oxygens (including phenoxy) is 1. The normalized spacial score (nSPS) is 37.2. The van der Waals surface area contributed by atoms with Gasteiger partial charge in [0.2, 0.25) is 10.0 Å². The highest BCUT2D eigenvalue weighted by Crippen LogP contribution is 2.24. The van der Waals surface area contributed by atoms with Gasteiger partial charge in [0.25, 0.3) is 0 Å². The quantitative estimate of drug-likeness (QED) is 0.710. The Morgan fingerprint density at radius 2 is 2.06 bits per heavy atom. The molecule has 0 spiro atoms. The number of nitrogens with one attached hydrogen (secondary N) is 1. The molecule has 2 aliphatic rings. The summed E-state index contributed by atoms with van der Waals surface area (Å²) in [5, 5.41) is 8.04. The molecule has 3 unspecified atom stereocenters. The first-order valence-corrected chi connectivity index (χ1v) is 7.51. The lowest BCUT2D eigenvalue weighted by atomic mass is 9.88. The Kier molecular flexibility index (Phi) is 3.84. The number of piperidine rings is 1. The highest BCUT2D eigenvalue weighted by molar-refractivity contribution is 7.89. The maximum absolute atomic E-state index is 11.2. The summed E-state index contributed by atoms with van der Waals surface area (Å²) in [6.45, 7) is 2.15. The molecule has 3 N–H and O–H groups in total. The average Bonchev–Trinajstić information content (AvgIpc) is 2.29. The molecule has 3 atom stereocenters. The fraction of sp³-hybridized carbons (Fsp3) is 1.00. The van der Waals surface area contributed by atoms with E-state index in [-0.39, 0.29) is 0 Å². The zero-order valence-corrected chi connectivity index (χ0v) is 10.2. The average molecular weight is 248 g/mol. The lowest BCUT2D eigenvalue weighted by Crippen LogP contribution is -2.50. The van der Waals surface area contributed by atoms with Crippen LogP contribution in [0.15, 0.2) is 0 Å². The Morgan fingerprint density at radius 1 is 1.25 bits per heavy atom. The van der Waals surface area contributed by atoms with E-state index >= 15 is 0 Å². The lowest BCUT2D eigenvalue weighted by Gasteiger charge is -2.35. The van der Waals surface area contributed by atoms with Crippen LogP contribution in [0.1, 0.15) is 25.7 Å². The molecule has 2 saturated heterocycles. The molecule has 2 aliphatic heterocycles. The van der Waals surface area contributed by atoms with E-state index in [1.807, 2.05) is 0 Å². The SMILES string of the molecule is NS(=O)(=O)C1CCC(C2CCCOC2)NC1. The van der Waals surface area contributed by atoms with Crippen molar-refractivity contribution in [2.75, 3.05) is 19.8 Å². The Hall–Kier alpha value is -0.170. The number of rotatable bonds is 2. The maximum Gasteiger partial charge on any atom is 0.213 e. The topological polar surface area (TPSA) is 81.4 Å². The van der Waals surface area contributed by atoms with Gasteiger partial charge in [-0.05, 0) is 31.6 Å². The summed E-state index contributed by atoms with van der Waals surface area (Å²) in [5.74, 6) is 0.537. The molecule has 0 amide bonds. The Labute approximate surface area is 96.8 Å². The van der Waals surface area contributed by atoms with Crippen LogP contribution in [0, 0.1) is 5.92 Å². The third-order valence-electron chi connectivity index (χ3n) is 3.64. The first-order chi connectivity index (χ1) is 7.57. The monoisotopic (exact) mass is 248 g/mol. The van der Waals surface area contributed by atoms with Crippen molar-refractivity contribution in [2.24, 2.45) is 11.1 Å². The molecule has 0 aromatic rings. The molecular weight excluding hydrogens is 228 g/mol. The third-order valence-corrected chi connectivity index (χ3v) is 4.97. The second kappa shape index (κ2) is 5.00. The minimum absolute atomic E-state index is 0.401. The van der Waals surface area contributed by atoms with Gasteiger partial charge in [-0.1, -0.05) is 0 Å². The van der Waals surface area contributed by atoms with Gasteiger partial charge in [0, 0.05) is 19.2 Å². The minimum Gasteiger partial charge on any atom is -0.381 e. The van der Waals surface area contributed by atoms with Gasteiger partial charge in [-0.15, -0.1) is 0 Å². The van der Waals surface area contributed by atoms with Crippen molar-refractivity contribution in [3.05, 3.63) is 0 Å². The van der Waals surface area contributed by atoms with Crippen molar-refractivity contribution in [2.45, 2.75) is 37.0 Å². The van der Waals surface area contributed by atoms with Gasteiger partial charge in [0.05, 0.1) is 11.9 Å². The molecule has 5 nitrogen and oxygen atoms in total. The molecule has 0 bridgehead atoms. The zero-order valence-electron chi connectivity index (χ0n) is 9.39. The summed E-state index contributed by atoms with van der Waals surface area (Å²) < 4.78 is 27.8. The van der Waals surface area contributed by atoms with Gasteiger partial charge < -0.3 is 10.1 Å². The van der Waals surface area contributed by atoms with Crippen molar-refractivity contribution in [3.63, 3.8) is 0 Å². The minimum atomic E-state index is -3.37. The predicted molar refractivity (Wildman–Crippen MR) is 61.5 cm³/mol. The molecule has 0 saturated carbocycles. The summed E-state index contributed by atoms with van der Waals surface area (Å²) in [6.07, 6.45) is 3.85. The van der Waals surface area contributed by atoms with E-state index in [9.17, 15) is 8.42 Å². The lowest BCUT2D eigenvalue weighted by molar-refractivity contribution is 0.0352. The molecule has 6 heteroatoms. The van der Waals surface area contributed by atoms with E-state index in [0.29, 0.717) is 24.9 Å². The highest BCUT2D eigenvalue weighted by Gasteiger charge is 2.32.